The van der Waals surface area contributed by atoms with E-state index in [0.29, 0.717) is 6.61 Å². The Hall–Kier alpha value is -0.440. The summed E-state index contributed by atoms with van der Waals surface area (Å²) in [6.45, 7) is 3.94. The first-order chi connectivity index (χ1) is 18.8. The van der Waals surface area contributed by atoms with E-state index >= 15 is 0 Å². The zero-order valence-electron chi connectivity index (χ0n) is 24.0. The summed E-state index contributed by atoms with van der Waals surface area (Å²) in [5, 5.41) is 71.4. The molecule has 0 aromatic heterocycles. The van der Waals surface area contributed by atoms with Gasteiger partial charge in [0.25, 0.3) is 0 Å². The van der Waals surface area contributed by atoms with Crippen LogP contribution in [-0.2, 0) is 18.9 Å². The summed E-state index contributed by atoms with van der Waals surface area (Å²) >= 11 is 0. The van der Waals surface area contributed by atoms with Gasteiger partial charge in [-0.3, -0.25) is 0 Å². The Morgan fingerprint density at radius 2 is 1.23 bits per heavy atom. The van der Waals surface area contributed by atoms with Crippen LogP contribution in [0.15, 0.2) is 0 Å². The van der Waals surface area contributed by atoms with Crippen molar-refractivity contribution >= 4 is 0 Å². The molecule has 0 spiro atoms. The Labute approximate surface area is 234 Å². The van der Waals surface area contributed by atoms with E-state index in [1.54, 1.807) is 0 Å². The third-order valence-electron chi connectivity index (χ3n) is 7.16. The van der Waals surface area contributed by atoms with E-state index in [-0.39, 0.29) is 19.8 Å². The van der Waals surface area contributed by atoms with E-state index in [2.05, 4.69) is 13.8 Å². The van der Waals surface area contributed by atoms with Crippen LogP contribution >= 0.6 is 0 Å². The van der Waals surface area contributed by atoms with Crippen molar-refractivity contribution in [3.63, 3.8) is 0 Å². The van der Waals surface area contributed by atoms with E-state index in [4.69, 9.17) is 18.9 Å². The van der Waals surface area contributed by atoms with Crippen LogP contribution in [0.25, 0.3) is 0 Å². The summed E-state index contributed by atoms with van der Waals surface area (Å²) in [6.07, 6.45) is -0.0789. The molecule has 1 heterocycles. The monoisotopic (exact) mass is 568 g/mol. The first-order valence-corrected chi connectivity index (χ1v) is 14.9. The van der Waals surface area contributed by atoms with Crippen molar-refractivity contribution in [1.82, 2.24) is 0 Å². The van der Waals surface area contributed by atoms with Gasteiger partial charge in [0.2, 0.25) is 0 Å². The fraction of sp³-hybridized carbons (Fsp3) is 1.00. The fourth-order valence-corrected chi connectivity index (χ4v) is 4.49. The summed E-state index contributed by atoms with van der Waals surface area (Å²) in [4.78, 5) is 0. The number of aliphatic hydroxyl groups excluding tert-OH is 7. The maximum Gasteiger partial charge on any atom is 0.186 e. The van der Waals surface area contributed by atoms with Crippen molar-refractivity contribution < 1.29 is 54.7 Å². The molecule has 0 aliphatic carbocycles. The van der Waals surface area contributed by atoms with Gasteiger partial charge in [0.15, 0.2) is 6.29 Å². The predicted octanol–water partition coefficient (Wildman–Crippen LogP) is 1.01. The van der Waals surface area contributed by atoms with Crippen LogP contribution in [0.3, 0.4) is 0 Å². The first-order valence-electron chi connectivity index (χ1n) is 14.9. The quantitative estimate of drug-likeness (QED) is 0.0826. The maximum absolute atomic E-state index is 10.8. The smallest absolute Gasteiger partial charge is 0.186 e. The zero-order valence-corrected chi connectivity index (χ0v) is 24.0. The fourth-order valence-electron chi connectivity index (χ4n) is 4.49. The molecule has 0 radical (unpaired) electrons. The topological polar surface area (TPSA) is 179 Å². The first kappa shape index (κ1) is 36.6. The lowest BCUT2D eigenvalue weighted by Crippen LogP contribution is -2.59. The van der Waals surface area contributed by atoms with Crippen molar-refractivity contribution in [3.8, 4) is 0 Å². The predicted molar refractivity (Wildman–Crippen MR) is 145 cm³/mol. The zero-order chi connectivity index (χ0) is 29.0. The molecule has 0 unspecified atom stereocenters. The molecule has 0 aromatic rings. The summed E-state index contributed by atoms with van der Waals surface area (Å²) in [6, 6.07) is 0. The van der Waals surface area contributed by atoms with Gasteiger partial charge in [-0.05, 0) is 12.8 Å². The molecule has 7 N–H and O–H groups in total. The Bertz CT molecular complexity index is 568. The van der Waals surface area contributed by atoms with Gasteiger partial charge in [0.05, 0.1) is 19.8 Å². The normalized spacial score (nSPS) is 26.8. The number of hydrogen-bond acceptors (Lipinski definition) is 11. The third-order valence-corrected chi connectivity index (χ3v) is 7.16. The van der Waals surface area contributed by atoms with Gasteiger partial charge >= 0.3 is 0 Å². The van der Waals surface area contributed by atoms with Crippen molar-refractivity contribution in [3.05, 3.63) is 0 Å². The van der Waals surface area contributed by atoms with Crippen molar-refractivity contribution in [2.24, 2.45) is 0 Å². The minimum Gasteiger partial charge on any atom is -0.394 e. The molecule has 9 atom stereocenters. The highest BCUT2D eigenvalue weighted by atomic mass is 16.7. The van der Waals surface area contributed by atoms with Gasteiger partial charge < -0.3 is 54.7 Å². The summed E-state index contributed by atoms with van der Waals surface area (Å²) in [5.74, 6) is 0. The van der Waals surface area contributed by atoms with Crippen LogP contribution in [0.2, 0.25) is 0 Å². The number of rotatable bonds is 24. The van der Waals surface area contributed by atoms with Crippen LogP contribution in [0.5, 0.6) is 0 Å². The number of unbranched alkanes of at least 4 members (excludes halogenated alkanes) is 10. The van der Waals surface area contributed by atoms with Crippen LogP contribution in [0, 0.1) is 0 Å². The highest BCUT2D eigenvalue weighted by Gasteiger charge is 2.44. The van der Waals surface area contributed by atoms with Gasteiger partial charge in [-0.1, -0.05) is 78.1 Å². The Morgan fingerprint density at radius 3 is 1.82 bits per heavy atom. The molecule has 1 aliphatic heterocycles. The van der Waals surface area contributed by atoms with Gasteiger partial charge in [-0.2, -0.15) is 0 Å². The minimum atomic E-state index is -1.61. The second-order valence-electron chi connectivity index (χ2n) is 10.6. The molecule has 11 nitrogen and oxygen atoms in total. The van der Waals surface area contributed by atoms with E-state index in [0.717, 1.165) is 51.4 Å². The van der Waals surface area contributed by atoms with E-state index < -0.39 is 61.7 Å². The lowest BCUT2D eigenvalue weighted by Gasteiger charge is -2.40. The standard InChI is InChI=1S/C28H56O11/c1-3-5-7-9-11-13-15-36-18-20(30)23(31)25(33)22(37-16-14-12-10-8-6-4-2)19-38-28-27(35)26(34)24(32)21(17-29)39-28/h20-35H,3-19H2,1-2H3/t20-,21+,22+,23+,24-,25+,26-,27+,28-/m0/s1. The molecule has 1 aliphatic rings. The SMILES string of the molecule is CCCCCCCCOC[C@H](O)[C@@H](O)[C@H](O)[C@@H](CO[C@H]1O[C@H](CO)[C@H](O)[C@H](O)[C@H]1O)OCCCCCCCC. The number of ether oxygens (including phenoxy) is 4. The summed E-state index contributed by atoms with van der Waals surface area (Å²) in [7, 11) is 0. The molecule has 0 saturated carbocycles. The Balaban J connectivity index is 2.61. The number of aliphatic hydroxyl groups is 7. The second kappa shape index (κ2) is 22.2. The molecular formula is C28H56O11. The second-order valence-corrected chi connectivity index (χ2v) is 10.6. The van der Waals surface area contributed by atoms with Crippen LogP contribution in [-0.4, -0.2) is 124 Å². The van der Waals surface area contributed by atoms with Gasteiger partial charge in [0, 0.05) is 13.2 Å². The highest BCUT2D eigenvalue weighted by molar-refractivity contribution is 4.89. The molecule has 0 bridgehead atoms. The molecule has 0 aromatic carbocycles. The molecule has 39 heavy (non-hydrogen) atoms. The van der Waals surface area contributed by atoms with Crippen molar-refractivity contribution in [1.29, 1.82) is 0 Å². The van der Waals surface area contributed by atoms with E-state index in [9.17, 15) is 35.7 Å². The van der Waals surface area contributed by atoms with Crippen LogP contribution in [0.1, 0.15) is 90.9 Å². The molecule has 234 valence electrons. The average molecular weight is 569 g/mol. The molecule has 1 fully saturated rings. The van der Waals surface area contributed by atoms with Crippen molar-refractivity contribution in [2.75, 3.05) is 33.0 Å². The molecular weight excluding hydrogens is 512 g/mol. The minimum absolute atomic E-state index is 0.148. The average Bonchev–Trinajstić information content (AvgIpc) is 2.94. The lowest BCUT2D eigenvalue weighted by atomic mass is 9.99. The largest absolute Gasteiger partial charge is 0.394 e. The van der Waals surface area contributed by atoms with Crippen LogP contribution in [0.4, 0.5) is 0 Å². The highest BCUT2D eigenvalue weighted by Crippen LogP contribution is 2.23. The van der Waals surface area contributed by atoms with Gasteiger partial charge in [-0.15, -0.1) is 0 Å². The van der Waals surface area contributed by atoms with Crippen LogP contribution < -0.4 is 0 Å². The number of hydrogen-bond donors (Lipinski definition) is 7. The Morgan fingerprint density at radius 1 is 0.667 bits per heavy atom. The molecule has 1 rings (SSSR count). The molecule has 0 amide bonds. The third kappa shape index (κ3) is 14.3. The molecule has 1 saturated heterocycles. The maximum atomic E-state index is 10.8. The summed E-state index contributed by atoms with van der Waals surface area (Å²) in [5.41, 5.74) is 0. The van der Waals surface area contributed by atoms with Crippen molar-refractivity contribution in [2.45, 2.75) is 146 Å². The lowest BCUT2D eigenvalue weighted by molar-refractivity contribution is -0.308. The van der Waals surface area contributed by atoms with Gasteiger partial charge in [0.1, 0.15) is 48.8 Å². The molecule has 11 heteroatoms. The van der Waals surface area contributed by atoms with Gasteiger partial charge in [-0.25, -0.2) is 0 Å². The Kier molecular flexibility index (Phi) is 20.8. The van der Waals surface area contributed by atoms with E-state index in [1.165, 1.54) is 25.7 Å². The summed E-state index contributed by atoms with van der Waals surface area (Å²) < 4.78 is 22.2. The van der Waals surface area contributed by atoms with E-state index in [1.807, 2.05) is 0 Å².